The molecule has 168 valence electrons. The Balaban J connectivity index is 1.44. The molecule has 1 saturated heterocycles. The minimum absolute atomic E-state index is 0.0347. The van der Waals surface area contributed by atoms with Crippen LogP contribution in [0.25, 0.3) is 0 Å². The average Bonchev–Trinajstić information content (AvgIpc) is 2.81. The second-order valence-electron chi connectivity index (χ2n) is 7.52. The predicted molar refractivity (Wildman–Crippen MR) is 118 cm³/mol. The highest BCUT2D eigenvalue weighted by Gasteiger charge is 2.23. The van der Waals surface area contributed by atoms with Gasteiger partial charge < -0.3 is 19.3 Å². The van der Waals surface area contributed by atoms with Crippen molar-refractivity contribution in [1.29, 1.82) is 5.26 Å². The maximum Gasteiger partial charge on any atom is 0.222 e. The van der Waals surface area contributed by atoms with Crippen LogP contribution in [0.1, 0.15) is 35.7 Å². The number of methoxy groups -OCH3 is 1. The number of benzene rings is 2. The van der Waals surface area contributed by atoms with Gasteiger partial charge in [-0.15, -0.1) is 0 Å². The molecule has 1 fully saturated rings. The second-order valence-corrected chi connectivity index (χ2v) is 7.52. The number of carbonyl (C=O) groups excluding carboxylic acids is 2. The lowest BCUT2D eigenvalue weighted by molar-refractivity contribution is -0.131. The lowest BCUT2D eigenvalue weighted by Gasteiger charge is -2.36. The summed E-state index contributed by atoms with van der Waals surface area (Å²) >= 11 is 0. The van der Waals surface area contributed by atoms with Gasteiger partial charge in [0.1, 0.15) is 5.82 Å². The van der Waals surface area contributed by atoms with Gasteiger partial charge in [-0.1, -0.05) is 0 Å². The van der Waals surface area contributed by atoms with Gasteiger partial charge >= 0.3 is 0 Å². The van der Waals surface area contributed by atoms with Crippen molar-refractivity contribution in [2.75, 3.05) is 44.8 Å². The third-order valence-corrected chi connectivity index (χ3v) is 5.41. The molecule has 32 heavy (non-hydrogen) atoms. The summed E-state index contributed by atoms with van der Waals surface area (Å²) in [5.74, 6) is 0.452. The molecule has 0 aliphatic carbocycles. The Kier molecular flexibility index (Phi) is 7.66. The quantitative estimate of drug-likeness (QED) is 0.463. The average molecular weight is 439 g/mol. The van der Waals surface area contributed by atoms with Crippen molar-refractivity contribution in [3.63, 3.8) is 0 Å². The van der Waals surface area contributed by atoms with Crippen LogP contribution in [-0.2, 0) is 4.79 Å². The fraction of sp³-hybridized carbons (Fsp3) is 0.375. The fourth-order valence-corrected chi connectivity index (χ4v) is 3.60. The number of hydrogen-bond acceptors (Lipinski definition) is 6. The number of Topliss-reactive ketones (excluding diaryl/α,β-unsaturated/α-hetero) is 1. The van der Waals surface area contributed by atoms with Crippen LogP contribution >= 0.6 is 0 Å². The molecule has 0 unspecified atom stereocenters. The zero-order valence-corrected chi connectivity index (χ0v) is 18.3. The van der Waals surface area contributed by atoms with Crippen molar-refractivity contribution in [3.05, 3.63) is 53.3 Å². The molecule has 0 bridgehead atoms. The Morgan fingerprint density at radius 3 is 2.47 bits per heavy atom. The van der Waals surface area contributed by atoms with Gasteiger partial charge in [0.15, 0.2) is 17.3 Å². The van der Waals surface area contributed by atoms with Crippen LogP contribution < -0.4 is 14.4 Å². The topological polar surface area (TPSA) is 82.9 Å². The number of halogens is 1. The van der Waals surface area contributed by atoms with E-state index in [1.54, 1.807) is 35.2 Å². The molecular formula is C24H26FN3O4. The van der Waals surface area contributed by atoms with E-state index >= 15 is 0 Å². The van der Waals surface area contributed by atoms with Crippen LogP contribution in [0.2, 0.25) is 0 Å². The standard InChI is InChI=1S/C24H26FN3O4/c1-17(29)19-6-7-21(20(25)15-19)27-9-11-28(12-10-27)24(30)4-3-13-32-22-8-5-18(16-26)14-23(22)31-2/h5-8,14-15H,3-4,9-13H2,1-2H3. The molecule has 1 aliphatic heterocycles. The maximum absolute atomic E-state index is 14.4. The van der Waals surface area contributed by atoms with Gasteiger partial charge in [-0.05, 0) is 43.7 Å². The third kappa shape index (κ3) is 5.55. The second kappa shape index (κ2) is 10.6. The molecule has 0 radical (unpaired) electrons. The van der Waals surface area contributed by atoms with E-state index in [4.69, 9.17) is 14.7 Å². The Hall–Kier alpha value is -3.60. The highest BCUT2D eigenvalue weighted by molar-refractivity contribution is 5.94. The first-order valence-corrected chi connectivity index (χ1v) is 10.5. The number of amides is 1. The number of piperazine rings is 1. The van der Waals surface area contributed by atoms with Crippen molar-refractivity contribution in [3.8, 4) is 17.6 Å². The molecule has 1 aliphatic rings. The van der Waals surface area contributed by atoms with E-state index in [1.807, 2.05) is 11.0 Å². The molecule has 0 atom stereocenters. The van der Waals surface area contributed by atoms with Crippen molar-refractivity contribution < 1.29 is 23.5 Å². The lowest BCUT2D eigenvalue weighted by atomic mass is 10.1. The van der Waals surface area contributed by atoms with Crippen LogP contribution in [0, 0.1) is 17.1 Å². The number of hydrogen-bond donors (Lipinski definition) is 0. The minimum Gasteiger partial charge on any atom is -0.493 e. The summed E-state index contributed by atoms with van der Waals surface area (Å²) < 4.78 is 25.3. The molecule has 3 rings (SSSR count). The van der Waals surface area contributed by atoms with Crippen molar-refractivity contribution in [2.24, 2.45) is 0 Å². The molecule has 2 aromatic carbocycles. The van der Waals surface area contributed by atoms with Crippen LogP contribution in [0.15, 0.2) is 36.4 Å². The van der Waals surface area contributed by atoms with E-state index in [9.17, 15) is 14.0 Å². The minimum atomic E-state index is -0.423. The fourth-order valence-electron chi connectivity index (χ4n) is 3.60. The van der Waals surface area contributed by atoms with E-state index < -0.39 is 5.82 Å². The highest BCUT2D eigenvalue weighted by Crippen LogP contribution is 2.28. The zero-order chi connectivity index (χ0) is 23.1. The number of ketones is 1. The van der Waals surface area contributed by atoms with Gasteiger partial charge in [-0.25, -0.2) is 4.39 Å². The van der Waals surface area contributed by atoms with Crippen molar-refractivity contribution >= 4 is 17.4 Å². The summed E-state index contributed by atoms with van der Waals surface area (Å²) in [4.78, 5) is 27.6. The first kappa shape index (κ1) is 23.1. The smallest absolute Gasteiger partial charge is 0.222 e. The van der Waals surface area contributed by atoms with Gasteiger partial charge in [0.05, 0.1) is 31.0 Å². The Morgan fingerprint density at radius 2 is 1.84 bits per heavy atom. The molecule has 1 heterocycles. The van der Waals surface area contributed by atoms with Gasteiger partial charge in [0, 0.05) is 44.2 Å². The summed E-state index contributed by atoms with van der Waals surface area (Å²) in [5, 5.41) is 8.95. The molecule has 0 spiro atoms. The third-order valence-electron chi connectivity index (χ3n) is 5.41. The SMILES string of the molecule is COc1cc(C#N)ccc1OCCCC(=O)N1CCN(c2ccc(C(C)=O)cc2F)CC1. The van der Waals surface area contributed by atoms with Crippen LogP contribution in [-0.4, -0.2) is 56.5 Å². The first-order valence-electron chi connectivity index (χ1n) is 10.5. The molecule has 0 saturated carbocycles. The summed E-state index contributed by atoms with van der Waals surface area (Å²) in [5.41, 5.74) is 1.28. The number of nitriles is 1. The highest BCUT2D eigenvalue weighted by atomic mass is 19.1. The van der Waals surface area contributed by atoms with Crippen LogP contribution in [0.3, 0.4) is 0 Å². The summed E-state index contributed by atoms with van der Waals surface area (Å²) in [6, 6.07) is 11.5. The number of anilines is 1. The predicted octanol–water partition coefficient (Wildman–Crippen LogP) is 3.42. The number of ether oxygens (including phenoxy) is 2. The Morgan fingerprint density at radius 1 is 1.09 bits per heavy atom. The Labute approximate surface area is 186 Å². The molecule has 2 aromatic rings. The zero-order valence-electron chi connectivity index (χ0n) is 18.3. The molecule has 0 N–H and O–H groups in total. The van der Waals surface area contributed by atoms with Gasteiger partial charge in [0.2, 0.25) is 5.91 Å². The van der Waals surface area contributed by atoms with Crippen molar-refractivity contribution in [2.45, 2.75) is 19.8 Å². The van der Waals surface area contributed by atoms with E-state index in [-0.39, 0.29) is 11.7 Å². The molecule has 0 aromatic heterocycles. The van der Waals surface area contributed by atoms with Crippen LogP contribution in [0.4, 0.5) is 10.1 Å². The summed E-state index contributed by atoms with van der Waals surface area (Å²) in [6.45, 7) is 3.84. The Bertz CT molecular complexity index is 1030. The largest absolute Gasteiger partial charge is 0.493 e. The van der Waals surface area contributed by atoms with E-state index in [0.29, 0.717) is 73.9 Å². The lowest BCUT2D eigenvalue weighted by Crippen LogP contribution is -2.49. The van der Waals surface area contributed by atoms with E-state index in [0.717, 1.165) is 0 Å². The number of carbonyl (C=O) groups is 2. The molecular weight excluding hydrogens is 413 g/mol. The molecule has 7 nitrogen and oxygen atoms in total. The number of rotatable bonds is 8. The van der Waals surface area contributed by atoms with E-state index in [1.165, 1.54) is 20.1 Å². The van der Waals surface area contributed by atoms with Crippen LogP contribution in [0.5, 0.6) is 11.5 Å². The number of nitrogens with zero attached hydrogens (tertiary/aromatic N) is 3. The maximum atomic E-state index is 14.4. The first-order chi connectivity index (χ1) is 15.4. The van der Waals surface area contributed by atoms with Gasteiger partial charge in [0.25, 0.3) is 0 Å². The van der Waals surface area contributed by atoms with Crippen molar-refractivity contribution in [1.82, 2.24) is 4.90 Å². The van der Waals surface area contributed by atoms with Gasteiger partial charge in [-0.3, -0.25) is 9.59 Å². The summed E-state index contributed by atoms with van der Waals surface area (Å²) in [7, 11) is 1.51. The molecule has 8 heteroatoms. The van der Waals surface area contributed by atoms with Gasteiger partial charge in [-0.2, -0.15) is 5.26 Å². The summed E-state index contributed by atoms with van der Waals surface area (Å²) in [6.07, 6.45) is 0.892. The molecule has 1 amide bonds. The van der Waals surface area contributed by atoms with E-state index in [2.05, 4.69) is 0 Å². The monoisotopic (exact) mass is 439 g/mol. The normalized spacial score (nSPS) is 13.4.